The highest BCUT2D eigenvalue weighted by atomic mass is 16.2. The van der Waals surface area contributed by atoms with Crippen LogP contribution in [0.4, 0.5) is 5.82 Å². The van der Waals surface area contributed by atoms with E-state index in [1.165, 1.54) is 0 Å². The lowest BCUT2D eigenvalue weighted by atomic mass is 9.98. The number of hydrazine groups is 2. The molecule has 1 aromatic carbocycles. The fraction of sp³-hybridized carbons (Fsp3) is 0.458. The number of piperidine rings is 1. The second-order valence-corrected chi connectivity index (χ2v) is 9.51. The Morgan fingerprint density at radius 2 is 1.97 bits per heavy atom. The second-order valence-electron chi connectivity index (χ2n) is 9.51. The first-order valence-corrected chi connectivity index (χ1v) is 12.2. The quantitative estimate of drug-likeness (QED) is 0.197. The molecule has 8 N–H and O–H groups in total. The Balaban J connectivity index is 1.40. The van der Waals surface area contributed by atoms with E-state index >= 15 is 0 Å². The number of amides is 1. The normalized spacial score (nSPS) is 21.6. The Kier molecular flexibility index (Phi) is 6.67. The molecule has 1 unspecified atom stereocenters. The molecule has 11 nitrogen and oxygen atoms in total. The van der Waals surface area contributed by atoms with Crippen molar-refractivity contribution >= 4 is 17.4 Å². The van der Waals surface area contributed by atoms with E-state index in [1.54, 1.807) is 0 Å². The van der Waals surface area contributed by atoms with Crippen molar-refractivity contribution in [3.05, 3.63) is 58.9 Å². The van der Waals surface area contributed by atoms with Gasteiger partial charge in [-0.1, -0.05) is 12.1 Å². The molecule has 0 radical (unpaired) electrons. The highest BCUT2D eigenvalue weighted by molar-refractivity contribution is 5.94. The van der Waals surface area contributed by atoms with E-state index in [0.717, 1.165) is 67.1 Å². The minimum absolute atomic E-state index is 0.00679. The molecule has 0 saturated carbocycles. The predicted molar refractivity (Wildman–Crippen MR) is 134 cm³/mol. The number of hydrogen-bond donors (Lipinski definition) is 5. The number of aryl methyl sites for hydroxylation is 1. The van der Waals surface area contributed by atoms with E-state index in [2.05, 4.69) is 22.8 Å². The van der Waals surface area contributed by atoms with Crippen LogP contribution >= 0.6 is 0 Å². The molecular formula is C24H34N10O. The van der Waals surface area contributed by atoms with Crippen molar-refractivity contribution < 1.29 is 4.79 Å². The molecular weight excluding hydrogens is 444 g/mol. The number of nitrogens with two attached hydrogens (primary N) is 3. The van der Waals surface area contributed by atoms with E-state index in [-0.39, 0.29) is 18.0 Å². The third-order valence-electron chi connectivity index (χ3n) is 7.01. The Labute approximate surface area is 204 Å². The molecule has 4 heterocycles. The number of rotatable bonds is 6. The molecule has 0 bridgehead atoms. The monoisotopic (exact) mass is 478 g/mol. The molecule has 186 valence electrons. The summed E-state index contributed by atoms with van der Waals surface area (Å²) >= 11 is 0. The molecule has 11 heteroatoms. The number of nitrogens with zero attached hydrogens (tertiary/aromatic N) is 5. The number of anilines is 1. The van der Waals surface area contributed by atoms with E-state index < -0.39 is 6.17 Å². The Morgan fingerprint density at radius 1 is 1.17 bits per heavy atom. The van der Waals surface area contributed by atoms with Gasteiger partial charge in [-0.3, -0.25) is 10.6 Å². The van der Waals surface area contributed by atoms with E-state index in [1.807, 2.05) is 45.9 Å². The highest BCUT2D eigenvalue weighted by Crippen LogP contribution is 2.33. The summed E-state index contributed by atoms with van der Waals surface area (Å²) in [6.45, 7) is 4.48. The number of aromatic nitrogens is 3. The lowest BCUT2D eigenvalue weighted by molar-refractivity contribution is 0.0605. The minimum Gasteiger partial charge on any atom is -0.355 e. The Morgan fingerprint density at radius 3 is 2.69 bits per heavy atom. The third-order valence-corrected chi connectivity index (χ3v) is 7.01. The molecule has 2 saturated heterocycles. The minimum atomic E-state index is -0.470. The van der Waals surface area contributed by atoms with Crippen LogP contribution in [-0.2, 0) is 0 Å². The summed E-state index contributed by atoms with van der Waals surface area (Å²) in [5, 5.41) is 4.84. The average molecular weight is 479 g/mol. The van der Waals surface area contributed by atoms with Gasteiger partial charge in [-0.15, -0.1) is 0 Å². The van der Waals surface area contributed by atoms with Gasteiger partial charge in [0.2, 0.25) is 0 Å². The maximum absolute atomic E-state index is 13.5. The van der Waals surface area contributed by atoms with Crippen molar-refractivity contribution in [1.82, 2.24) is 30.5 Å². The summed E-state index contributed by atoms with van der Waals surface area (Å²) in [4.78, 5) is 22.6. The summed E-state index contributed by atoms with van der Waals surface area (Å²) in [6, 6.07) is 9.41. The van der Waals surface area contributed by atoms with Crippen molar-refractivity contribution in [2.24, 2.45) is 17.3 Å². The maximum Gasteiger partial charge on any atom is 0.254 e. The van der Waals surface area contributed by atoms with Gasteiger partial charge >= 0.3 is 0 Å². The van der Waals surface area contributed by atoms with Crippen LogP contribution in [-0.4, -0.2) is 51.1 Å². The average Bonchev–Trinajstić information content (AvgIpc) is 3.49. The van der Waals surface area contributed by atoms with Crippen molar-refractivity contribution in [1.29, 1.82) is 0 Å². The number of carbonyl (C=O) groups excluding carboxylic acids is 1. The predicted octanol–water partition coefficient (Wildman–Crippen LogP) is 0.868. The number of benzene rings is 1. The fourth-order valence-corrected chi connectivity index (χ4v) is 5.14. The number of likely N-dealkylation sites (tertiary alicyclic amines) is 1. The summed E-state index contributed by atoms with van der Waals surface area (Å²) in [5.74, 6) is 6.23. The van der Waals surface area contributed by atoms with Crippen LogP contribution in [0.15, 0.2) is 36.5 Å². The Bertz CT molecular complexity index is 1190. The largest absolute Gasteiger partial charge is 0.355 e. The summed E-state index contributed by atoms with van der Waals surface area (Å²) in [6.07, 6.45) is 5.42. The van der Waals surface area contributed by atoms with Gasteiger partial charge in [0, 0.05) is 49.1 Å². The van der Waals surface area contributed by atoms with Gasteiger partial charge < -0.3 is 21.3 Å². The first-order valence-electron chi connectivity index (χ1n) is 12.2. The molecule has 5 rings (SSSR count). The van der Waals surface area contributed by atoms with Crippen molar-refractivity contribution in [2.75, 3.05) is 24.5 Å². The van der Waals surface area contributed by atoms with Gasteiger partial charge in [0.05, 0.1) is 17.9 Å². The maximum atomic E-state index is 13.5. The van der Waals surface area contributed by atoms with Gasteiger partial charge in [-0.2, -0.15) is 10.6 Å². The molecule has 35 heavy (non-hydrogen) atoms. The number of carbonyl (C=O) groups is 1. The molecule has 0 spiro atoms. The zero-order chi connectivity index (χ0) is 24.5. The van der Waals surface area contributed by atoms with Crippen molar-refractivity contribution in [3.8, 4) is 0 Å². The van der Waals surface area contributed by atoms with Gasteiger partial charge in [0.15, 0.2) is 5.65 Å². The first-order chi connectivity index (χ1) is 16.9. The van der Waals surface area contributed by atoms with Gasteiger partial charge in [0.25, 0.3) is 5.91 Å². The molecule has 2 aliphatic rings. The highest BCUT2D eigenvalue weighted by Gasteiger charge is 2.31. The zero-order valence-corrected chi connectivity index (χ0v) is 20.0. The van der Waals surface area contributed by atoms with Gasteiger partial charge in [0.1, 0.15) is 5.82 Å². The number of hydrogen-bond acceptors (Lipinski definition) is 9. The molecule has 2 fully saturated rings. The summed E-state index contributed by atoms with van der Waals surface area (Å²) in [7, 11) is 0. The topological polar surface area (TPSA) is 156 Å². The molecule has 2 aliphatic heterocycles. The molecule has 3 aromatic rings. The van der Waals surface area contributed by atoms with E-state index in [4.69, 9.17) is 27.4 Å². The van der Waals surface area contributed by atoms with Crippen LogP contribution in [0.5, 0.6) is 0 Å². The number of fused-ring (bicyclic) bond motifs is 1. The molecule has 0 aliphatic carbocycles. The van der Waals surface area contributed by atoms with Crippen LogP contribution in [0, 0.1) is 6.92 Å². The lowest BCUT2D eigenvalue weighted by Gasteiger charge is -2.34. The fourth-order valence-electron chi connectivity index (χ4n) is 5.14. The van der Waals surface area contributed by atoms with Crippen LogP contribution in [0.1, 0.15) is 65.1 Å². The third kappa shape index (κ3) is 4.73. The van der Waals surface area contributed by atoms with Gasteiger partial charge in [-0.05, 0) is 50.3 Å². The molecule has 1 amide bonds. The summed E-state index contributed by atoms with van der Waals surface area (Å²) < 4.78 is 1.83. The first kappa shape index (κ1) is 23.6. The van der Waals surface area contributed by atoms with E-state index in [9.17, 15) is 4.79 Å². The van der Waals surface area contributed by atoms with E-state index in [0.29, 0.717) is 12.1 Å². The molecule has 3 atom stereocenters. The zero-order valence-electron chi connectivity index (χ0n) is 20.0. The SMILES string of the molecule is Cc1cn2nc([C@@H]3CCCCN3C(=O)c3ccc(C(N)NNN)cc3)cc2nc1N1CC[C@H](N)C1. The smallest absolute Gasteiger partial charge is 0.254 e. The van der Waals surface area contributed by atoms with Crippen LogP contribution in [0.2, 0.25) is 0 Å². The number of nitrogens with one attached hydrogen (secondary N) is 2. The van der Waals surface area contributed by atoms with Gasteiger partial charge in [-0.25, -0.2) is 14.9 Å². The second kappa shape index (κ2) is 9.88. The van der Waals surface area contributed by atoms with Crippen LogP contribution in [0.25, 0.3) is 5.65 Å². The van der Waals surface area contributed by atoms with Crippen LogP contribution < -0.4 is 33.2 Å². The molecule has 2 aromatic heterocycles. The van der Waals surface area contributed by atoms with Crippen molar-refractivity contribution in [2.45, 2.75) is 50.9 Å². The standard InChI is InChI=1S/C24H34N10O/c1-15-13-34-21(28-23(15)32-11-9-18(25)14-32)12-19(30-34)20-4-2-3-10-33(20)24(35)17-7-5-16(6-8-17)22(26)29-31-27/h5-8,12-13,18,20,22,29,31H,2-4,9-11,14,25-27H2,1H3/t18-,20-,22?/m0/s1. The van der Waals surface area contributed by atoms with Crippen molar-refractivity contribution in [3.63, 3.8) is 0 Å². The summed E-state index contributed by atoms with van der Waals surface area (Å²) in [5.41, 5.74) is 21.4. The lowest BCUT2D eigenvalue weighted by Crippen LogP contribution is -2.44. The van der Waals surface area contributed by atoms with Crippen LogP contribution in [0.3, 0.4) is 0 Å². The Hall–Kier alpha value is -3.09.